The number of amides is 1. The third-order valence-electron chi connectivity index (χ3n) is 4.07. The van der Waals surface area contributed by atoms with Crippen molar-refractivity contribution in [3.63, 3.8) is 0 Å². The molecule has 0 radical (unpaired) electrons. The monoisotopic (exact) mass is 416 g/mol. The molecule has 28 heavy (non-hydrogen) atoms. The standard InChI is InChI=1S/C20H21ClN4O2S/c1-24(2)19(26)15-8-6-7-14(11-15)13-28-20-23-22-18(25(20)3)12-27-17-10-5-4-9-16(17)21/h4-11H,12-13H2,1-3H3. The van der Waals surface area contributed by atoms with Crippen molar-refractivity contribution in [2.45, 2.75) is 17.5 Å². The zero-order valence-electron chi connectivity index (χ0n) is 15.9. The van der Waals surface area contributed by atoms with Gasteiger partial charge in [-0.05, 0) is 29.8 Å². The van der Waals surface area contributed by atoms with Gasteiger partial charge in [0.1, 0.15) is 12.4 Å². The smallest absolute Gasteiger partial charge is 0.253 e. The summed E-state index contributed by atoms with van der Waals surface area (Å²) in [5, 5.41) is 9.79. The molecule has 0 unspecified atom stereocenters. The Morgan fingerprint density at radius 1 is 1.18 bits per heavy atom. The molecule has 1 aromatic heterocycles. The lowest BCUT2D eigenvalue weighted by atomic mass is 10.1. The Morgan fingerprint density at radius 3 is 2.71 bits per heavy atom. The van der Waals surface area contributed by atoms with Crippen LogP contribution in [0.4, 0.5) is 0 Å². The minimum atomic E-state index is -0.00971. The fourth-order valence-corrected chi connectivity index (χ4v) is 3.56. The van der Waals surface area contributed by atoms with Crippen molar-refractivity contribution in [1.82, 2.24) is 19.7 Å². The molecule has 1 heterocycles. The summed E-state index contributed by atoms with van der Waals surface area (Å²) in [6.45, 7) is 0.278. The molecule has 8 heteroatoms. The molecule has 0 aliphatic rings. The van der Waals surface area contributed by atoms with Crippen molar-refractivity contribution in [2.24, 2.45) is 7.05 Å². The van der Waals surface area contributed by atoms with Crippen LogP contribution in [-0.2, 0) is 19.4 Å². The molecule has 0 atom stereocenters. The predicted octanol–water partition coefficient (Wildman–Crippen LogP) is 4.04. The van der Waals surface area contributed by atoms with E-state index >= 15 is 0 Å². The first-order chi connectivity index (χ1) is 13.5. The molecule has 3 rings (SSSR count). The van der Waals surface area contributed by atoms with E-state index in [-0.39, 0.29) is 12.5 Å². The number of hydrogen-bond acceptors (Lipinski definition) is 5. The highest BCUT2D eigenvalue weighted by Gasteiger charge is 2.12. The van der Waals surface area contributed by atoms with E-state index in [1.807, 2.05) is 54.1 Å². The second-order valence-electron chi connectivity index (χ2n) is 6.37. The molecule has 6 nitrogen and oxygen atoms in total. The van der Waals surface area contributed by atoms with E-state index in [0.717, 1.165) is 10.7 Å². The average molecular weight is 417 g/mol. The highest BCUT2D eigenvalue weighted by atomic mass is 35.5. The van der Waals surface area contributed by atoms with Crippen LogP contribution in [0.5, 0.6) is 5.75 Å². The van der Waals surface area contributed by atoms with Crippen molar-refractivity contribution in [2.75, 3.05) is 14.1 Å². The maximum Gasteiger partial charge on any atom is 0.253 e. The number of ether oxygens (including phenoxy) is 1. The SMILES string of the molecule is CN(C)C(=O)c1cccc(CSc2nnc(COc3ccccc3Cl)n2C)c1. The molecular formula is C20H21ClN4O2S. The van der Waals surface area contributed by atoms with Crippen LogP contribution < -0.4 is 4.74 Å². The van der Waals surface area contributed by atoms with Crippen molar-refractivity contribution in [3.05, 3.63) is 70.5 Å². The molecule has 0 spiro atoms. The fourth-order valence-electron chi connectivity index (χ4n) is 2.50. The number of rotatable bonds is 7. The predicted molar refractivity (Wildman–Crippen MR) is 111 cm³/mol. The lowest BCUT2D eigenvalue weighted by Gasteiger charge is -2.11. The molecule has 0 bridgehead atoms. The van der Waals surface area contributed by atoms with Gasteiger partial charge in [0.15, 0.2) is 11.0 Å². The number of carbonyl (C=O) groups excluding carboxylic acids is 1. The van der Waals surface area contributed by atoms with Crippen LogP contribution in [0.25, 0.3) is 0 Å². The van der Waals surface area contributed by atoms with E-state index in [0.29, 0.717) is 27.9 Å². The number of hydrogen-bond donors (Lipinski definition) is 0. The van der Waals surface area contributed by atoms with Crippen LogP contribution in [0.1, 0.15) is 21.7 Å². The van der Waals surface area contributed by atoms with Gasteiger partial charge in [-0.1, -0.05) is 47.6 Å². The first-order valence-electron chi connectivity index (χ1n) is 8.64. The summed E-state index contributed by atoms with van der Waals surface area (Å²) < 4.78 is 7.64. The zero-order valence-corrected chi connectivity index (χ0v) is 17.5. The Bertz CT molecular complexity index is 974. The van der Waals surface area contributed by atoms with Gasteiger partial charge in [0.05, 0.1) is 5.02 Å². The largest absolute Gasteiger partial charge is 0.484 e. The van der Waals surface area contributed by atoms with Crippen molar-refractivity contribution in [3.8, 4) is 5.75 Å². The Labute approximate surface area is 173 Å². The van der Waals surface area contributed by atoms with Gasteiger partial charge in [-0.3, -0.25) is 4.79 Å². The molecule has 2 aromatic carbocycles. The molecule has 0 N–H and O–H groups in total. The first kappa shape index (κ1) is 20.2. The number of nitrogens with zero attached hydrogens (tertiary/aromatic N) is 4. The normalized spacial score (nSPS) is 10.7. The Morgan fingerprint density at radius 2 is 1.96 bits per heavy atom. The van der Waals surface area contributed by atoms with E-state index in [4.69, 9.17) is 16.3 Å². The third-order valence-corrected chi connectivity index (χ3v) is 5.47. The van der Waals surface area contributed by atoms with Crippen molar-refractivity contribution in [1.29, 1.82) is 0 Å². The maximum atomic E-state index is 12.1. The van der Waals surface area contributed by atoms with Gasteiger partial charge >= 0.3 is 0 Å². The zero-order chi connectivity index (χ0) is 20.1. The summed E-state index contributed by atoms with van der Waals surface area (Å²) >= 11 is 7.67. The third kappa shape index (κ3) is 4.85. The first-order valence-corrected chi connectivity index (χ1v) is 10.0. The number of aromatic nitrogens is 3. The van der Waals surface area contributed by atoms with Gasteiger partial charge in [-0.15, -0.1) is 10.2 Å². The second kappa shape index (κ2) is 9.12. The summed E-state index contributed by atoms with van der Waals surface area (Å²) in [5.74, 6) is 2.00. The van der Waals surface area contributed by atoms with Gasteiger partial charge in [-0.25, -0.2) is 0 Å². The average Bonchev–Trinajstić information content (AvgIpc) is 3.05. The second-order valence-corrected chi connectivity index (χ2v) is 7.72. The minimum absolute atomic E-state index is 0.00971. The van der Waals surface area contributed by atoms with Crippen LogP contribution in [0.3, 0.4) is 0 Å². The molecule has 0 saturated carbocycles. The number of halogens is 1. The summed E-state index contributed by atoms with van der Waals surface area (Å²) in [7, 11) is 5.39. The van der Waals surface area contributed by atoms with E-state index in [1.165, 1.54) is 0 Å². The molecule has 0 fully saturated rings. The van der Waals surface area contributed by atoms with Crippen molar-refractivity contribution < 1.29 is 9.53 Å². The van der Waals surface area contributed by atoms with Crippen LogP contribution >= 0.6 is 23.4 Å². The van der Waals surface area contributed by atoms with E-state index in [1.54, 1.807) is 36.8 Å². The summed E-state index contributed by atoms with van der Waals surface area (Å²) in [4.78, 5) is 13.7. The number of thioether (sulfide) groups is 1. The topological polar surface area (TPSA) is 60.3 Å². The minimum Gasteiger partial charge on any atom is -0.484 e. The maximum absolute atomic E-state index is 12.1. The Kier molecular flexibility index (Phi) is 6.59. The number of carbonyl (C=O) groups is 1. The molecular weight excluding hydrogens is 396 g/mol. The lowest BCUT2D eigenvalue weighted by Crippen LogP contribution is -2.21. The molecule has 0 saturated heterocycles. The summed E-state index contributed by atoms with van der Waals surface area (Å²) in [6.07, 6.45) is 0. The van der Waals surface area contributed by atoms with Gasteiger partial charge in [0, 0.05) is 32.5 Å². The summed E-state index contributed by atoms with van der Waals surface area (Å²) in [6, 6.07) is 14.9. The Hall–Kier alpha value is -2.51. The van der Waals surface area contributed by atoms with Gasteiger partial charge < -0.3 is 14.2 Å². The van der Waals surface area contributed by atoms with Crippen LogP contribution in [0.15, 0.2) is 53.7 Å². The number of para-hydroxylation sites is 1. The number of benzene rings is 2. The van der Waals surface area contributed by atoms with Crippen LogP contribution in [0.2, 0.25) is 5.02 Å². The lowest BCUT2D eigenvalue weighted by molar-refractivity contribution is 0.0827. The quantitative estimate of drug-likeness (QED) is 0.544. The van der Waals surface area contributed by atoms with E-state index < -0.39 is 0 Å². The molecule has 1 amide bonds. The Balaban J connectivity index is 1.63. The molecule has 0 aliphatic heterocycles. The van der Waals surface area contributed by atoms with Crippen LogP contribution in [-0.4, -0.2) is 39.7 Å². The van der Waals surface area contributed by atoms with Gasteiger partial charge in [-0.2, -0.15) is 0 Å². The molecule has 146 valence electrons. The van der Waals surface area contributed by atoms with E-state index in [9.17, 15) is 4.79 Å². The van der Waals surface area contributed by atoms with Gasteiger partial charge in [0.2, 0.25) is 0 Å². The van der Waals surface area contributed by atoms with E-state index in [2.05, 4.69) is 10.2 Å². The van der Waals surface area contributed by atoms with Crippen molar-refractivity contribution >= 4 is 29.3 Å². The molecule has 3 aromatic rings. The highest BCUT2D eigenvalue weighted by molar-refractivity contribution is 7.98. The highest BCUT2D eigenvalue weighted by Crippen LogP contribution is 2.25. The fraction of sp³-hybridized carbons (Fsp3) is 0.250. The van der Waals surface area contributed by atoms with Gasteiger partial charge in [0.25, 0.3) is 5.91 Å². The van der Waals surface area contributed by atoms with Crippen LogP contribution in [0, 0.1) is 0 Å². The molecule has 0 aliphatic carbocycles. The summed E-state index contributed by atoms with van der Waals surface area (Å²) in [5.41, 5.74) is 1.73.